The van der Waals surface area contributed by atoms with Crippen LogP contribution in [0.4, 0.5) is 0 Å². The molecule has 0 N–H and O–H groups in total. The highest BCUT2D eigenvalue weighted by molar-refractivity contribution is 7.25. The molecular weight excluding hydrogens is 781 g/mol. The maximum Gasteiger partial charge on any atom is 0.164 e. The summed E-state index contributed by atoms with van der Waals surface area (Å²) in [6, 6.07) is 63.8. The minimum Gasteiger partial charge on any atom is -0.456 e. The Kier molecular flexibility index (Phi) is 6.89. The second kappa shape index (κ2) is 12.7. The number of rotatable bonds is 4. The van der Waals surface area contributed by atoms with E-state index in [0.717, 1.165) is 77.3 Å². The summed E-state index contributed by atoms with van der Waals surface area (Å²) in [6.45, 7) is 0. The van der Waals surface area contributed by atoms with Crippen molar-refractivity contribution >= 4 is 108 Å². The number of para-hydroxylation sites is 3. The van der Waals surface area contributed by atoms with Gasteiger partial charge in [-0.25, -0.2) is 15.0 Å². The second-order valence-corrected chi connectivity index (χ2v) is 17.0. The average Bonchev–Trinajstić information content (AvgIpc) is 4.09. The zero-order valence-electron chi connectivity index (χ0n) is 32.8. The second-order valence-electron chi connectivity index (χ2n) is 15.9. The molecule has 0 saturated heterocycles. The summed E-state index contributed by atoms with van der Waals surface area (Å²) in [5, 5.41) is 11.3. The van der Waals surface area contributed by atoms with E-state index in [1.165, 1.54) is 41.7 Å². The topological polar surface area (TPSA) is 69.9 Å². The molecule has 7 heteroatoms. The first kappa shape index (κ1) is 33.7. The van der Waals surface area contributed by atoms with Crippen LogP contribution >= 0.6 is 11.3 Å². The molecule has 5 aromatic heterocycles. The van der Waals surface area contributed by atoms with Gasteiger partial charge < -0.3 is 13.4 Å². The van der Waals surface area contributed by atoms with Crippen LogP contribution in [0.5, 0.6) is 0 Å². The number of hydrogen-bond acceptors (Lipinski definition) is 6. The van der Waals surface area contributed by atoms with Crippen molar-refractivity contribution in [1.29, 1.82) is 0 Å². The molecule has 0 aliphatic rings. The Morgan fingerprint density at radius 1 is 0.387 bits per heavy atom. The van der Waals surface area contributed by atoms with Gasteiger partial charge in [0.2, 0.25) is 0 Å². The Labute approximate surface area is 356 Å². The summed E-state index contributed by atoms with van der Waals surface area (Å²) in [7, 11) is 0. The number of furan rings is 2. The Balaban J connectivity index is 1.04. The molecule has 0 saturated carbocycles. The van der Waals surface area contributed by atoms with Gasteiger partial charge in [0.1, 0.15) is 16.7 Å². The summed E-state index contributed by atoms with van der Waals surface area (Å²) in [5.74, 6) is 1.71. The Morgan fingerprint density at radius 2 is 1.00 bits per heavy atom. The zero-order valence-corrected chi connectivity index (χ0v) is 33.7. The predicted octanol–water partition coefficient (Wildman–Crippen LogP) is 15.3. The lowest BCUT2D eigenvalue weighted by molar-refractivity contribution is 0.666. The van der Waals surface area contributed by atoms with Gasteiger partial charge >= 0.3 is 0 Å². The minimum atomic E-state index is 0.558. The molecular formula is C55H30N4O2S. The normalized spacial score (nSPS) is 12.2. The highest BCUT2D eigenvalue weighted by Crippen LogP contribution is 2.44. The smallest absolute Gasteiger partial charge is 0.164 e. The monoisotopic (exact) mass is 810 g/mol. The van der Waals surface area contributed by atoms with Crippen LogP contribution in [0.1, 0.15) is 0 Å². The standard InChI is InChI=1S/C55H30N4O2S/c1-2-12-32-28-45-42(27-31(32)11-1)35-13-3-7-17-43(35)59(45)44-26-25-41(51-40-16-5-9-19-47(40)61-52(44)51)55-57-53(33-21-23-37-36-14-4-8-18-46(36)60-48(37)29-33)56-54(58-55)34-22-24-39-38-15-6-10-20-49(38)62-50(39)30-34/h1-30H. The van der Waals surface area contributed by atoms with Gasteiger partial charge in [-0.2, -0.15) is 0 Å². The lowest BCUT2D eigenvalue weighted by Gasteiger charge is -2.13. The van der Waals surface area contributed by atoms with E-state index < -0.39 is 0 Å². The number of nitrogens with zero attached hydrogens (tertiary/aromatic N) is 4. The van der Waals surface area contributed by atoms with E-state index in [-0.39, 0.29) is 0 Å². The summed E-state index contributed by atoms with van der Waals surface area (Å²) >= 11 is 1.78. The van der Waals surface area contributed by atoms with Gasteiger partial charge in [-0.1, -0.05) is 115 Å². The van der Waals surface area contributed by atoms with E-state index >= 15 is 0 Å². The van der Waals surface area contributed by atoms with Crippen molar-refractivity contribution in [3.8, 4) is 39.9 Å². The van der Waals surface area contributed by atoms with E-state index in [2.05, 4.69) is 150 Å². The van der Waals surface area contributed by atoms with Crippen molar-refractivity contribution in [1.82, 2.24) is 19.5 Å². The highest BCUT2D eigenvalue weighted by atomic mass is 32.1. The van der Waals surface area contributed by atoms with E-state index in [0.29, 0.717) is 17.5 Å². The van der Waals surface area contributed by atoms with Crippen molar-refractivity contribution in [2.45, 2.75) is 0 Å². The number of benzene rings is 9. The van der Waals surface area contributed by atoms with Gasteiger partial charge in [0.25, 0.3) is 0 Å². The van der Waals surface area contributed by atoms with Crippen molar-refractivity contribution in [2.24, 2.45) is 0 Å². The fourth-order valence-corrected chi connectivity index (χ4v) is 10.7. The molecule has 6 nitrogen and oxygen atoms in total. The zero-order chi connectivity index (χ0) is 40.5. The number of thiophene rings is 1. The molecule has 0 radical (unpaired) electrons. The van der Waals surface area contributed by atoms with Crippen molar-refractivity contribution in [3.63, 3.8) is 0 Å². The minimum absolute atomic E-state index is 0.558. The maximum atomic E-state index is 6.94. The molecule has 0 aliphatic heterocycles. The Bertz CT molecular complexity index is 4060. The molecule has 14 aromatic rings. The molecule has 0 aliphatic carbocycles. The maximum absolute atomic E-state index is 6.94. The van der Waals surface area contributed by atoms with Crippen LogP contribution in [-0.4, -0.2) is 19.5 Å². The van der Waals surface area contributed by atoms with Gasteiger partial charge in [-0.3, -0.25) is 0 Å². The van der Waals surface area contributed by atoms with E-state index in [1.807, 2.05) is 36.4 Å². The van der Waals surface area contributed by atoms with Gasteiger partial charge in [0, 0.05) is 69.2 Å². The molecule has 5 heterocycles. The van der Waals surface area contributed by atoms with Crippen molar-refractivity contribution in [2.75, 3.05) is 0 Å². The first-order valence-electron chi connectivity index (χ1n) is 20.7. The molecule has 0 unspecified atom stereocenters. The SMILES string of the molecule is c1ccc2cc3c(cc2c1)c1ccccc1n3-c1ccc(-c2nc(-c3ccc4c(c3)oc3ccccc34)nc(-c3ccc4c(c3)sc3ccccc34)n2)c2c1oc1ccccc12. The van der Waals surface area contributed by atoms with Crippen molar-refractivity contribution in [3.05, 3.63) is 182 Å². The lowest BCUT2D eigenvalue weighted by atomic mass is 10.0. The molecule has 0 amide bonds. The lowest BCUT2D eigenvalue weighted by Crippen LogP contribution is -2.01. The van der Waals surface area contributed by atoms with Gasteiger partial charge in [-0.15, -0.1) is 11.3 Å². The van der Waals surface area contributed by atoms with Crippen LogP contribution in [0, 0.1) is 0 Å². The third kappa shape index (κ3) is 4.88. The highest BCUT2D eigenvalue weighted by Gasteiger charge is 2.24. The van der Waals surface area contributed by atoms with Crippen LogP contribution in [0.2, 0.25) is 0 Å². The Morgan fingerprint density at radius 3 is 1.84 bits per heavy atom. The quantitative estimate of drug-likeness (QED) is 0.177. The van der Waals surface area contributed by atoms with E-state index in [4.69, 9.17) is 23.8 Å². The van der Waals surface area contributed by atoms with E-state index in [1.54, 1.807) is 11.3 Å². The molecule has 0 spiro atoms. The number of hydrogen-bond donors (Lipinski definition) is 0. The largest absolute Gasteiger partial charge is 0.456 e. The predicted molar refractivity (Wildman–Crippen MR) is 255 cm³/mol. The first-order valence-corrected chi connectivity index (χ1v) is 21.5. The first-order chi connectivity index (χ1) is 30.7. The summed E-state index contributed by atoms with van der Waals surface area (Å²) < 4.78 is 18.1. The fraction of sp³-hybridized carbons (Fsp3) is 0. The molecule has 62 heavy (non-hydrogen) atoms. The molecule has 288 valence electrons. The van der Waals surface area contributed by atoms with Gasteiger partial charge in [0.15, 0.2) is 23.1 Å². The van der Waals surface area contributed by atoms with Crippen LogP contribution in [-0.2, 0) is 0 Å². The Hall–Kier alpha value is -8.13. The summed E-state index contributed by atoms with van der Waals surface area (Å²) in [6.07, 6.45) is 0. The average molecular weight is 811 g/mol. The van der Waals surface area contributed by atoms with Crippen LogP contribution < -0.4 is 0 Å². The number of aromatic nitrogens is 4. The fourth-order valence-electron chi connectivity index (χ4n) is 9.58. The van der Waals surface area contributed by atoms with Gasteiger partial charge in [-0.05, 0) is 77.5 Å². The molecule has 14 rings (SSSR count). The van der Waals surface area contributed by atoms with Crippen LogP contribution in [0.25, 0.3) is 136 Å². The van der Waals surface area contributed by atoms with Gasteiger partial charge in [0.05, 0.1) is 16.7 Å². The van der Waals surface area contributed by atoms with E-state index in [9.17, 15) is 0 Å². The molecule has 0 atom stereocenters. The van der Waals surface area contributed by atoms with Crippen molar-refractivity contribution < 1.29 is 8.83 Å². The summed E-state index contributed by atoms with van der Waals surface area (Å²) in [4.78, 5) is 15.9. The molecule has 0 fully saturated rings. The van der Waals surface area contributed by atoms with Crippen LogP contribution in [0.15, 0.2) is 191 Å². The molecule has 0 bridgehead atoms. The third-order valence-corrected chi connectivity index (χ3v) is 13.6. The molecule has 9 aromatic carbocycles. The summed E-state index contributed by atoms with van der Waals surface area (Å²) in [5.41, 5.74) is 8.97. The third-order valence-electron chi connectivity index (χ3n) is 12.4. The number of fused-ring (bicyclic) bond motifs is 13. The van der Waals surface area contributed by atoms with Crippen LogP contribution in [0.3, 0.4) is 0 Å².